The van der Waals surface area contributed by atoms with E-state index in [0.717, 1.165) is 92.3 Å². The smallest absolute Gasteiger partial charge is 0.462 e. The summed E-state index contributed by atoms with van der Waals surface area (Å²) in [5.41, 5.74) is 3.93. The minimum Gasteiger partial charge on any atom is -0.462 e. The van der Waals surface area contributed by atoms with Crippen LogP contribution in [0.1, 0.15) is 236 Å². The summed E-state index contributed by atoms with van der Waals surface area (Å²) in [6.45, 7) is 23.9. The molecule has 8 aliphatic rings. The fourth-order valence-electron chi connectivity index (χ4n) is 19.7. The van der Waals surface area contributed by atoms with Gasteiger partial charge in [-0.15, -0.1) is 0 Å². The van der Waals surface area contributed by atoms with Gasteiger partial charge in [0.15, 0.2) is 6.10 Å². The van der Waals surface area contributed by atoms with Crippen molar-refractivity contribution in [2.45, 2.75) is 254 Å². The van der Waals surface area contributed by atoms with Crippen molar-refractivity contribution in [3.05, 3.63) is 23.3 Å². The number of esters is 4. The maximum absolute atomic E-state index is 13.4. The van der Waals surface area contributed by atoms with Gasteiger partial charge in [0.05, 0.1) is 53.4 Å². The number of rotatable bonds is 28. The molecule has 0 aromatic heterocycles. The normalized spacial score (nSPS) is 36.2. The average molecular weight is 1200 g/mol. The molecule has 0 aliphatic heterocycles. The van der Waals surface area contributed by atoms with Gasteiger partial charge in [-0.2, -0.15) is 0 Å². The third-order valence-corrected chi connectivity index (χ3v) is 25.3. The number of quaternary nitrogens is 1. The quantitative estimate of drug-likeness (QED) is 0.0260. The highest BCUT2D eigenvalue weighted by molar-refractivity contribution is 7.47. The van der Waals surface area contributed by atoms with Gasteiger partial charge in [-0.1, -0.05) is 131 Å². The van der Waals surface area contributed by atoms with Crippen LogP contribution < -0.4 is 0 Å². The highest BCUT2D eigenvalue weighted by Crippen LogP contribution is 2.69. The number of carbonyl (C=O) groups excluding carboxylic acids is 4. The Morgan fingerprint density at radius 3 is 1.48 bits per heavy atom. The number of hydrogen-bond donors (Lipinski definition) is 1. The fourth-order valence-corrected chi connectivity index (χ4v) is 20.4. The molecule has 0 amide bonds. The molecule has 0 saturated heterocycles. The summed E-state index contributed by atoms with van der Waals surface area (Å²) < 4.78 is 47.1. The zero-order valence-electron chi connectivity index (χ0n) is 54.9. The second-order valence-corrected chi connectivity index (χ2v) is 33.1. The predicted molar refractivity (Wildman–Crippen MR) is 330 cm³/mol. The Bertz CT molecular complexity index is 2380. The second-order valence-electron chi connectivity index (χ2n) is 31.7. The number of ether oxygens (including phenoxy) is 4. The molecule has 18 atom stereocenters. The highest BCUT2D eigenvalue weighted by Gasteiger charge is 2.61. The minimum absolute atomic E-state index is 0.0659. The average Bonchev–Trinajstić information content (AvgIpc) is 2.07. The van der Waals surface area contributed by atoms with Crippen molar-refractivity contribution in [1.29, 1.82) is 0 Å². The van der Waals surface area contributed by atoms with Crippen LogP contribution in [-0.2, 0) is 51.7 Å². The molecule has 13 nitrogen and oxygen atoms in total. The standard InChI is InChI=1S/C70H116NO12P/c1-46(2)16-14-18-48(5)57-24-26-59-55-22-20-50-42-52(32-36-67(50,7)61(55)34-38-69(57,59)9)81-64(73)29-28-63(72)78-44-54(45-80-84(76,77)79-41-40-71(11,12)13)83-66(75)31-30-65(74)82-53-33-37-68(8)51(43-53)21-23-56-60-27-25-58(49(6)19-15-17-47(3)4)70(60,10)39-35-62(56)68/h20-21,46-49,52-62H,14-19,22-45H2,1-13H3/p+1/t48-,49-,52+,53+,54?,55+,56+,57-,58-,59+,60+,61+,62+,67+,68+,69-,70-/m1/s1. The number of phosphoric ester groups is 1. The zero-order chi connectivity index (χ0) is 61.0. The number of fused-ring (bicyclic) bond motifs is 10. The largest absolute Gasteiger partial charge is 0.472 e. The first-order chi connectivity index (χ1) is 39.5. The van der Waals surface area contributed by atoms with Crippen LogP contribution in [0.25, 0.3) is 0 Å². The Balaban J connectivity index is 0.781. The van der Waals surface area contributed by atoms with Gasteiger partial charge in [0.25, 0.3) is 0 Å². The molecule has 6 fully saturated rings. The number of allylic oxidation sites excluding steroid dienone is 2. The number of likely N-dealkylation sites (N-methyl/N-ethyl adjacent to an activating group) is 1. The highest BCUT2D eigenvalue weighted by atomic mass is 31.2. The molecule has 8 aliphatic carbocycles. The third-order valence-electron chi connectivity index (χ3n) is 24.4. The van der Waals surface area contributed by atoms with Crippen molar-refractivity contribution in [2.75, 3.05) is 47.5 Å². The van der Waals surface area contributed by atoms with E-state index in [-0.39, 0.29) is 55.3 Å². The van der Waals surface area contributed by atoms with Gasteiger partial charge in [-0.25, -0.2) is 4.57 Å². The number of hydrogen-bond acceptors (Lipinski definition) is 11. The molecule has 0 radical (unpaired) electrons. The molecule has 1 N–H and O–H groups in total. The molecule has 8 rings (SSSR count). The summed E-state index contributed by atoms with van der Waals surface area (Å²) >= 11 is 0. The van der Waals surface area contributed by atoms with Crippen LogP contribution in [0.15, 0.2) is 23.3 Å². The van der Waals surface area contributed by atoms with Crippen molar-refractivity contribution in [3.8, 4) is 0 Å². The summed E-state index contributed by atoms with van der Waals surface area (Å²) in [6.07, 6.45) is 28.0. The predicted octanol–water partition coefficient (Wildman–Crippen LogP) is 15.7. The fraction of sp³-hybridized carbons (Fsp3) is 0.886. The van der Waals surface area contributed by atoms with Crippen LogP contribution in [0.5, 0.6) is 0 Å². The van der Waals surface area contributed by atoms with Gasteiger partial charge >= 0.3 is 31.7 Å². The van der Waals surface area contributed by atoms with E-state index in [0.29, 0.717) is 52.0 Å². The number of carbonyl (C=O) groups is 4. The maximum Gasteiger partial charge on any atom is 0.472 e. The van der Waals surface area contributed by atoms with Crippen LogP contribution in [0.3, 0.4) is 0 Å². The summed E-state index contributed by atoms with van der Waals surface area (Å²) in [6, 6.07) is 0. The van der Waals surface area contributed by atoms with Gasteiger partial charge in [0.2, 0.25) is 0 Å². The van der Waals surface area contributed by atoms with E-state index < -0.39 is 51.0 Å². The molecule has 0 aromatic carbocycles. The zero-order valence-corrected chi connectivity index (χ0v) is 55.8. The van der Waals surface area contributed by atoms with E-state index in [1.807, 2.05) is 21.1 Å². The number of phosphoric acid groups is 1. The van der Waals surface area contributed by atoms with Crippen LogP contribution in [0, 0.1) is 92.7 Å². The molecule has 0 spiro atoms. The molecule has 478 valence electrons. The summed E-state index contributed by atoms with van der Waals surface area (Å²) in [4.78, 5) is 63.7. The van der Waals surface area contributed by atoms with Crippen molar-refractivity contribution in [3.63, 3.8) is 0 Å². The minimum atomic E-state index is -4.59. The van der Waals surface area contributed by atoms with Crippen molar-refractivity contribution in [1.82, 2.24) is 0 Å². The molecule has 6 saturated carbocycles. The first-order valence-electron chi connectivity index (χ1n) is 34.1. The Labute approximate surface area is 508 Å². The van der Waals surface area contributed by atoms with Crippen molar-refractivity contribution < 1.29 is 61.1 Å². The maximum atomic E-state index is 13.4. The lowest BCUT2D eigenvalue weighted by atomic mass is 9.47. The second kappa shape index (κ2) is 28.1. The molecular weight excluding hydrogens is 1080 g/mol. The van der Waals surface area contributed by atoms with Gasteiger partial charge in [-0.05, 0) is 183 Å². The lowest BCUT2D eigenvalue weighted by Gasteiger charge is -2.58. The van der Waals surface area contributed by atoms with Gasteiger partial charge < -0.3 is 28.3 Å². The topological polar surface area (TPSA) is 161 Å². The Morgan fingerprint density at radius 1 is 0.571 bits per heavy atom. The molecule has 0 aromatic rings. The molecule has 0 heterocycles. The van der Waals surface area contributed by atoms with Crippen LogP contribution in [-0.4, -0.2) is 99.1 Å². The van der Waals surface area contributed by atoms with Crippen LogP contribution >= 0.6 is 7.82 Å². The van der Waals surface area contributed by atoms with E-state index in [1.165, 1.54) is 101 Å². The monoisotopic (exact) mass is 1190 g/mol. The van der Waals surface area contributed by atoms with E-state index >= 15 is 0 Å². The van der Waals surface area contributed by atoms with Crippen molar-refractivity contribution in [2.24, 2.45) is 92.7 Å². The first-order valence-corrected chi connectivity index (χ1v) is 35.6. The Hall–Kier alpha value is -2.57. The molecular formula is C70H117NO12P+. The lowest BCUT2D eigenvalue weighted by Crippen LogP contribution is -2.51. The molecule has 0 bridgehead atoms. The van der Waals surface area contributed by atoms with E-state index in [4.69, 9.17) is 28.0 Å². The summed E-state index contributed by atoms with van der Waals surface area (Å²) in [5, 5.41) is 0. The number of nitrogens with zero attached hydrogens (tertiary/aromatic N) is 1. The van der Waals surface area contributed by atoms with Gasteiger partial charge in [-0.3, -0.25) is 28.2 Å². The first kappa shape index (κ1) is 67.4. The van der Waals surface area contributed by atoms with Gasteiger partial charge in [0.1, 0.15) is 32.0 Å². The SMILES string of the molecule is CC(C)CCC[C@@H](C)[C@H]1CC[C@H]2[C@@H]3CC=C4C[C@@H](OC(=O)CCC(=O)OCC(COP(=O)(O)OCC[N+](C)(C)C)OC(=O)CCC(=O)O[C@H]5CC[C@@]6(C)C(=CC[C@H]7[C@@H]8CC[C@H]([C@H](C)CCCC(C)C)[C@@]8(C)CC[C@@H]76)C5)CC[C@]4(C)[C@H]3CC[C@]12C. The van der Waals surface area contributed by atoms with E-state index in [1.54, 1.807) is 0 Å². The third kappa shape index (κ3) is 16.1. The van der Waals surface area contributed by atoms with Crippen LogP contribution in [0.4, 0.5) is 0 Å². The van der Waals surface area contributed by atoms with Crippen LogP contribution in [0.2, 0.25) is 0 Å². The van der Waals surface area contributed by atoms with E-state index in [2.05, 4.69) is 81.4 Å². The van der Waals surface area contributed by atoms with Gasteiger partial charge in [0, 0.05) is 12.8 Å². The molecule has 2 unspecified atom stereocenters. The lowest BCUT2D eigenvalue weighted by molar-refractivity contribution is -0.870. The Kier molecular flexibility index (Phi) is 22.5. The van der Waals surface area contributed by atoms with E-state index in [9.17, 15) is 28.6 Å². The summed E-state index contributed by atoms with van der Waals surface area (Å²) in [7, 11) is 1.16. The molecule has 14 heteroatoms. The van der Waals surface area contributed by atoms with Crippen molar-refractivity contribution >= 4 is 31.7 Å². The molecule has 84 heavy (non-hydrogen) atoms. The summed E-state index contributed by atoms with van der Waals surface area (Å²) in [5.74, 6) is 6.54. The Morgan fingerprint density at radius 2 is 1.02 bits per heavy atom.